The highest BCUT2D eigenvalue weighted by molar-refractivity contribution is 7.16. The molecule has 0 spiro atoms. The van der Waals surface area contributed by atoms with E-state index in [0.29, 0.717) is 0 Å². The smallest absolute Gasteiger partial charge is 0.0931 e. The summed E-state index contributed by atoms with van der Waals surface area (Å²) in [7, 11) is 0. The van der Waals surface area contributed by atoms with Crippen LogP contribution in [0.3, 0.4) is 0 Å². The van der Waals surface area contributed by atoms with Gasteiger partial charge < -0.3 is 0 Å². The summed E-state index contributed by atoms with van der Waals surface area (Å²) in [5.74, 6) is 70.8. The van der Waals surface area contributed by atoms with Crippen LogP contribution in [0.25, 0.3) is 0 Å². The SMILES string of the molecule is CCc1cc(C#Cc2sc(CC)cc2C#Cc2sc(CC)cc2C#Cc2sc(CC)cc2C#Cc2sc(CC)cc2C#Cc2sc(CC)cc2C#Cc2sc(CC)cc2C#Cc2sc(CC)cc2C#Cc2sc(CC)cc2C#Cc2sc(CC)cc2C#Cc2ccc(CC)s2)cs1. The van der Waals surface area contributed by atoms with Crippen molar-refractivity contribution in [1.82, 2.24) is 0 Å². The molecule has 0 fully saturated rings. The Hall–Kier alpha value is -7.70. The minimum atomic E-state index is 0.898. The molecular weight excluding hydrogens is 1390 g/mol. The lowest BCUT2D eigenvalue weighted by atomic mass is 10.1. The van der Waals surface area contributed by atoms with Gasteiger partial charge in [0.05, 0.1) is 98.8 Å². The average molecular weight is 1450 g/mol. The maximum absolute atomic E-state index is 3.59. The molecule has 0 radical (unpaired) electrons. The van der Waals surface area contributed by atoms with Gasteiger partial charge in [0.1, 0.15) is 0 Å². The quantitative estimate of drug-likeness (QED) is 0.113. The molecule has 0 saturated heterocycles. The number of hydrogen-bond donors (Lipinski definition) is 0. The molecule has 0 saturated carbocycles. The van der Waals surface area contributed by atoms with Crippen LogP contribution < -0.4 is 0 Å². The number of thiophene rings is 11. The van der Waals surface area contributed by atoms with Gasteiger partial charge in [0.15, 0.2) is 0 Å². The molecule has 11 heteroatoms. The number of hydrogen-bond acceptors (Lipinski definition) is 11. The monoisotopic (exact) mass is 1450 g/mol. The summed E-state index contributed by atoms with van der Waals surface area (Å²) in [4.78, 5) is 23.9. The van der Waals surface area contributed by atoms with Crippen LogP contribution in [0.2, 0.25) is 0 Å². The molecule has 11 aromatic heterocycles. The minimum absolute atomic E-state index is 0.898. The normalized spacial score (nSPS) is 10.3. The molecule has 0 amide bonds. The molecule has 478 valence electrons. The van der Waals surface area contributed by atoms with Gasteiger partial charge in [0.2, 0.25) is 0 Å². The highest BCUT2D eigenvalue weighted by Crippen LogP contribution is 2.32. The van der Waals surface area contributed by atoms with Gasteiger partial charge in [-0.1, -0.05) is 141 Å². The van der Waals surface area contributed by atoms with E-state index in [1.54, 1.807) is 125 Å². The minimum Gasteiger partial charge on any atom is -0.148 e. The molecule has 0 unspecified atom stereocenters. The average Bonchev–Trinajstić information content (AvgIpc) is 1.74. The zero-order valence-corrected chi connectivity index (χ0v) is 65.3. The van der Waals surface area contributed by atoms with E-state index >= 15 is 0 Å². The lowest BCUT2D eigenvalue weighted by molar-refractivity contribution is 1.19. The molecule has 0 bridgehead atoms. The van der Waals surface area contributed by atoms with Crippen LogP contribution in [-0.2, 0) is 70.6 Å². The second-order valence-electron chi connectivity index (χ2n) is 22.1. The largest absolute Gasteiger partial charge is 0.148 e. The highest BCUT2D eigenvalue weighted by atomic mass is 32.1. The zero-order chi connectivity index (χ0) is 67.8. The van der Waals surface area contributed by atoms with E-state index in [4.69, 9.17) is 0 Å². The van der Waals surface area contributed by atoms with Crippen molar-refractivity contribution in [2.45, 2.75) is 147 Å². The van der Waals surface area contributed by atoms with Gasteiger partial charge in [-0.05, 0) is 197 Å². The summed E-state index contributed by atoms with van der Waals surface area (Å²) >= 11 is 19.1. The first-order valence-electron chi connectivity index (χ1n) is 32.9. The Morgan fingerprint density at radius 2 is 0.402 bits per heavy atom. The number of rotatable bonds is 11. The summed E-state index contributed by atoms with van der Waals surface area (Å²) in [6, 6.07) is 26.4. The van der Waals surface area contributed by atoms with E-state index in [9.17, 15) is 0 Å². The molecule has 11 rings (SSSR count). The molecule has 0 aliphatic heterocycles. The van der Waals surface area contributed by atoms with Crippen molar-refractivity contribution < 1.29 is 0 Å². The molecule has 0 atom stereocenters. The van der Waals surface area contributed by atoms with Crippen molar-refractivity contribution in [3.05, 3.63) is 236 Å². The van der Waals surface area contributed by atoms with Crippen LogP contribution in [-0.4, -0.2) is 0 Å². The van der Waals surface area contributed by atoms with Crippen molar-refractivity contribution in [2.24, 2.45) is 0 Å². The first kappa shape index (κ1) is 70.6. The van der Waals surface area contributed by atoms with Gasteiger partial charge in [0.25, 0.3) is 0 Å². The fourth-order valence-electron chi connectivity index (χ4n) is 9.74. The van der Waals surface area contributed by atoms with Gasteiger partial charge >= 0.3 is 0 Å². The molecular formula is C86H68S11. The van der Waals surface area contributed by atoms with Crippen molar-refractivity contribution in [1.29, 1.82) is 0 Å². The third-order valence-electron chi connectivity index (χ3n) is 15.3. The van der Waals surface area contributed by atoms with Gasteiger partial charge in [-0.3, -0.25) is 0 Å². The summed E-state index contributed by atoms with van der Waals surface area (Å²) in [6.45, 7) is 24.1. The van der Waals surface area contributed by atoms with E-state index in [1.807, 2.05) is 0 Å². The third kappa shape index (κ3) is 18.2. The van der Waals surface area contributed by atoms with Gasteiger partial charge in [-0.25, -0.2) is 0 Å². The second kappa shape index (κ2) is 34.2. The Bertz CT molecular complexity index is 5090. The van der Waals surface area contributed by atoms with Gasteiger partial charge in [-0.2, -0.15) is 0 Å². The Balaban J connectivity index is 0.843. The molecule has 11 heterocycles. The first-order valence-corrected chi connectivity index (χ1v) is 42.0. The van der Waals surface area contributed by atoms with Gasteiger partial charge in [0, 0.05) is 64.6 Å². The molecule has 0 aliphatic rings. The Morgan fingerprint density at radius 3 is 0.598 bits per heavy atom. The molecule has 0 N–H and O–H groups in total. The van der Waals surface area contributed by atoms with E-state index in [0.717, 1.165) is 175 Å². The fourth-order valence-corrected chi connectivity index (χ4v) is 19.5. The molecule has 11 aromatic rings. The summed E-state index contributed by atoms with van der Waals surface area (Å²) in [5, 5.41) is 2.15. The first-order chi connectivity index (χ1) is 47.4. The summed E-state index contributed by atoms with van der Waals surface area (Å²) in [5.41, 5.74) is 9.65. The molecule has 0 aromatic carbocycles. The zero-order valence-electron chi connectivity index (χ0n) is 56.3. The summed E-state index contributed by atoms with van der Waals surface area (Å²) < 4.78 is 0. The van der Waals surface area contributed by atoms with Crippen LogP contribution in [0.4, 0.5) is 0 Å². The predicted molar refractivity (Wildman–Crippen MR) is 430 cm³/mol. The van der Waals surface area contributed by atoms with Crippen LogP contribution >= 0.6 is 125 Å². The molecule has 0 aliphatic carbocycles. The summed E-state index contributed by atoms with van der Waals surface area (Å²) in [6.07, 6.45) is 10.3. The van der Waals surface area contributed by atoms with Crippen molar-refractivity contribution in [3.63, 3.8) is 0 Å². The molecule has 0 nitrogen and oxygen atoms in total. The van der Waals surface area contributed by atoms with Crippen molar-refractivity contribution >= 4 is 125 Å². The van der Waals surface area contributed by atoms with Crippen molar-refractivity contribution in [3.8, 4) is 118 Å². The lowest BCUT2D eigenvalue weighted by Gasteiger charge is -1.90. The standard InChI is InChI=1S/C86H68S11/c1-12-66-34-35-77(88-66)33-24-57-46-68(14-3)90-79(57)37-26-59-48-70(16-5)92-81(59)39-28-61-50-72(18-7)94-83(61)41-30-63-52-74(20-9)96-85(63)43-32-65-54-76(22-11)97-86(65)44-31-64-53-75(21-10)95-84(64)42-29-62-51-73(19-8)93-82(62)40-27-60-49-71(17-6)91-80(60)38-25-58-47-69(15-4)89-78(58)36-23-56-45-67(13-2)87-55-56/h34-35,45-55H,12-22H2,1-11H3. The van der Waals surface area contributed by atoms with E-state index in [-0.39, 0.29) is 0 Å². The Morgan fingerprint density at radius 1 is 0.196 bits per heavy atom. The van der Waals surface area contributed by atoms with E-state index < -0.39 is 0 Å². The number of aryl methyl sites for hydroxylation is 11. The molecule has 97 heavy (non-hydrogen) atoms. The van der Waals surface area contributed by atoms with Crippen LogP contribution in [0, 0.1) is 118 Å². The Kier molecular flexibility index (Phi) is 24.9. The van der Waals surface area contributed by atoms with Crippen LogP contribution in [0.5, 0.6) is 0 Å². The predicted octanol–water partition coefficient (Wildman–Crippen LogP) is 22.5. The highest BCUT2D eigenvalue weighted by Gasteiger charge is 2.15. The van der Waals surface area contributed by atoms with E-state index in [2.05, 4.69) is 273 Å². The maximum Gasteiger partial charge on any atom is 0.0931 e. The topological polar surface area (TPSA) is 0 Å². The van der Waals surface area contributed by atoms with Gasteiger partial charge in [-0.15, -0.1) is 125 Å². The van der Waals surface area contributed by atoms with Crippen molar-refractivity contribution in [2.75, 3.05) is 0 Å². The second-order valence-corrected chi connectivity index (χ2v) is 34.5. The fraction of sp³-hybridized carbons (Fsp3) is 0.256. The third-order valence-corrected chi connectivity index (χ3v) is 28.3. The lowest BCUT2D eigenvalue weighted by Crippen LogP contribution is -1.80. The maximum atomic E-state index is 3.59. The van der Waals surface area contributed by atoms with Crippen LogP contribution in [0.15, 0.2) is 78.2 Å². The Labute approximate surface area is 619 Å². The van der Waals surface area contributed by atoms with E-state index in [1.165, 1.54) is 53.6 Å². The van der Waals surface area contributed by atoms with Crippen LogP contribution in [0.1, 0.15) is 234 Å².